The van der Waals surface area contributed by atoms with E-state index in [0.717, 1.165) is 24.4 Å². The molecule has 0 aliphatic heterocycles. The Morgan fingerprint density at radius 2 is 2.18 bits per heavy atom. The van der Waals surface area contributed by atoms with E-state index in [-0.39, 0.29) is 0 Å². The molecule has 0 aromatic carbocycles. The molecule has 0 amide bonds. The molecule has 1 heterocycles. The maximum Gasteiger partial charge on any atom is 0.0764 e. The summed E-state index contributed by atoms with van der Waals surface area (Å²) in [5.74, 6) is 1.06. The van der Waals surface area contributed by atoms with Gasteiger partial charge in [0.1, 0.15) is 0 Å². The van der Waals surface area contributed by atoms with Gasteiger partial charge in [-0.05, 0) is 19.4 Å². The van der Waals surface area contributed by atoms with E-state index in [1.54, 1.807) is 12.4 Å². The number of nitrogens with one attached hydrogen (secondary N) is 1. The molecule has 3 nitrogen and oxygen atoms in total. The lowest BCUT2D eigenvalue weighted by molar-refractivity contribution is 0.562. The molecule has 0 bridgehead atoms. The van der Waals surface area contributed by atoms with E-state index < -0.39 is 0 Å². The molecule has 0 aliphatic carbocycles. The molecule has 2 unspecified atom stereocenters. The van der Waals surface area contributed by atoms with Crippen molar-refractivity contribution in [3.05, 3.63) is 24.3 Å². The van der Waals surface area contributed by atoms with Crippen LogP contribution in [0.25, 0.3) is 0 Å². The number of hydrogen-bond donors (Lipinski definition) is 1. The molecule has 96 valence electrons. The fourth-order valence-electron chi connectivity index (χ4n) is 1.44. The summed E-state index contributed by atoms with van der Waals surface area (Å²) in [4.78, 5) is 8.55. The van der Waals surface area contributed by atoms with E-state index in [2.05, 4.69) is 36.1 Å². The minimum absolute atomic E-state index is 0.322. The van der Waals surface area contributed by atoms with Gasteiger partial charge < -0.3 is 5.32 Å². The first kappa shape index (κ1) is 14.5. The lowest BCUT2D eigenvalue weighted by atomic mass is 10.2. The SMILES string of the molecule is CCCNC(CSC(C)CC)c1cnccn1. The summed E-state index contributed by atoms with van der Waals surface area (Å²) in [5, 5.41) is 4.25. The molecule has 0 saturated carbocycles. The van der Waals surface area contributed by atoms with Crippen LogP contribution in [0, 0.1) is 0 Å². The van der Waals surface area contributed by atoms with Gasteiger partial charge in [-0.1, -0.05) is 20.8 Å². The largest absolute Gasteiger partial charge is 0.308 e. The molecule has 0 saturated heterocycles. The van der Waals surface area contributed by atoms with Gasteiger partial charge in [-0.3, -0.25) is 9.97 Å². The highest BCUT2D eigenvalue weighted by Gasteiger charge is 2.13. The van der Waals surface area contributed by atoms with Crippen molar-refractivity contribution < 1.29 is 0 Å². The Hall–Kier alpha value is -0.610. The van der Waals surface area contributed by atoms with Crippen LogP contribution in [0.15, 0.2) is 18.6 Å². The van der Waals surface area contributed by atoms with Crippen LogP contribution in [0.3, 0.4) is 0 Å². The zero-order valence-corrected chi connectivity index (χ0v) is 11.8. The number of rotatable bonds is 8. The van der Waals surface area contributed by atoms with Crippen molar-refractivity contribution in [1.82, 2.24) is 15.3 Å². The minimum Gasteiger partial charge on any atom is -0.308 e. The molecule has 17 heavy (non-hydrogen) atoms. The average molecular weight is 253 g/mol. The smallest absolute Gasteiger partial charge is 0.0764 e. The van der Waals surface area contributed by atoms with Crippen molar-refractivity contribution in [2.24, 2.45) is 0 Å². The Balaban J connectivity index is 2.54. The Morgan fingerprint density at radius 3 is 2.76 bits per heavy atom. The van der Waals surface area contributed by atoms with Crippen LogP contribution in [0.4, 0.5) is 0 Å². The van der Waals surface area contributed by atoms with Crippen molar-refractivity contribution in [2.75, 3.05) is 12.3 Å². The van der Waals surface area contributed by atoms with Gasteiger partial charge in [-0.15, -0.1) is 0 Å². The molecular formula is C13H23N3S. The van der Waals surface area contributed by atoms with Crippen LogP contribution in [0.2, 0.25) is 0 Å². The van der Waals surface area contributed by atoms with Crippen molar-refractivity contribution in [1.29, 1.82) is 0 Å². The fourth-order valence-corrected chi connectivity index (χ4v) is 2.48. The second kappa shape index (κ2) is 8.48. The Kier molecular flexibility index (Phi) is 7.21. The number of thioether (sulfide) groups is 1. The maximum atomic E-state index is 4.40. The van der Waals surface area contributed by atoms with Crippen LogP contribution in [-0.2, 0) is 0 Å². The maximum absolute atomic E-state index is 4.40. The predicted octanol–water partition coefficient (Wildman–Crippen LogP) is 3.05. The van der Waals surface area contributed by atoms with Crippen molar-refractivity contribution in [3.8, 4) is 0 Å². The van der Waals surface area contributed by atoms with Gasteiger partial charge in [0.15, 0.2) is 0 Å². The van der Waals surface area contributed by atoms with Crippen LogP contribution in [0.5, 0.6) is 0 Å². The van der Waals surface area contributed by atoms with E-state index in [0.29, 0.717) is 11.3 Å². The van der Waals surface area contributed by atoms with Gasteiger partial charge in [0.2, 0.25) is 0 Å². The van der Waals surface area contributed by atoms with Crippen LogP contribution in [-0.4, -0.2) is 27.5 Å². The molecule has 0 fully saturated rings. The summed E-state index contributed by atoms with van der Waals surface area (Å²) in [6.45, 7) is 7.72. The Bertz CT molecular complexity index is 292. The Morgan fingerprint density at radius 1 is 1.35 bits per heavy atom. The van der Waals surface area contributed by atoms with E-state index in [4.69, 9.17) is 0 Å². The standard InChI is InChI=1S/C13H23N3S/c1-4-6-15-13(10-17-11(3)5-2)12-9-14-7-8-16-12/h7-9,11,13,15H,4-6,10H2,1-3H3. The summed E-state index contributed by atoms with van der Waals surface area (Å²) >= 11 is 2.00. The molecule has 2 atom stereocenters. The minimum atomic E-state index is 0.322. The van der Waals surface area contributed by atoms with Gasteiger partial charge in [0, 0.05) is 29.6 Å². The number of hydrogen-bond acceptors (Lipinski definition) is 4. The molecular weight excluding hydrogens is 230 g/mol. The molecule has 4 heteroatoms. The lowest BCUT2D eigenvalue weighted by Gasteiger charge is -2.19. The first-order valence-corrected chi connectivity index (χ1v) is 7.43. The molecule has 0 aliphatic rings. The molecule has 1 aromatic heterocycles. The van der Waals surface area contributed by atoms with Crippen LogP contribution < -0.4 is 5.32 Å². The van der Waals surface area contributed by atoms with E-state index in [1.165, 1.54) is 6.42 Å². The summed E-state index contributed by atoms with van der Waals surface area (Å²) in [5.41, 5.74) is 1.05. The predicted molar refractivity (Wildman–Crippen MR) is 75.3 cm³/mol. The van der Waals surface area contributed by atoms with E-state index in [1.807, 2.05) is 18.0 Å². The van der Waals surface area contributed by atoms with Gasteiger partial charge >= 0.3 is 0 Å². The van der Waals surface area contributed by atoms with Gasteiger partial charge in [0.05, 0.1) is 11.7 Å². The first-order valence-electron chi connectivity index (χ1n) is 6.38. The third-order valence-electron chi connectivity index (χ3n) is 2.70. The Labute approximate surface area is 109 Å². The third kappa shape index (κ3) is 5.50. The summed E-state index contributed by atoms with van der Waals surface area (Å²) < 4.78 is 0. The second-order valence-electron chi connectivity index (χ2n) is 4.19. The molecule has 1 aromatic rings. The van der Waals surface area contributed by atoms with Crippen LogP contribution in [0.1, 0.15) is 45.3 Å². The zero-order valence-electron chi connectivity index (χ0n) is 11.0. The molecule has 0 radical (unpaired) electrons. The highest BCUT2D eigenvalue weighted by atomic mass is 32.2. The second-order valence-corrected chi connectivity index (χ2v) is 5.66. The average Bonchev–Trinajstić information content (AvgIpc) is 2.39. The van der Waals surface area contributed by atoms with E-state index in [9.17, 15) is 0 Å². The normalized spacial score (nSPS) is 14.5. The quantitative estimate of drug-likeness (QED) is 0.773. The van der Waals surface area contributed by atoms with Gasteiger partial charge in [0.25, 0.3) is 0 Å². The van der Waals surface area contributed by atoms with Gasteiger partial charge in [-0.25, -0.2) is 0 Å². The summed E-state index contributed by atoms with van der Waals surface area (Å²) in [6, 6.07) is 0.322. The molecule has 1 rings (SSSR count). The topological polar surface area (TPSA) is 37.8 Å². The number of nitrogens with zero attached hydrogens (tertiary/aromatic N) is 2. The molecule has 1 N–H and O–H groups in total. The van der Waals surface area contributed by atoms with Crippen LogP contribution >= 0.6 is 11.8 Å². The third-order valence-corrected chi connectivity index (χ3v) is 4.13. The fraction of sp³-hybridized carbons (Fsp3) is 0.692. The van der Waals surface area contributed by atoms with Crippen molar-refractivity contribution in [2.45, 2.75) is 44.9 Å². The lowest BCUT2D eigenvalue weighted by Crippen LogP contribution is -2.25. The zero-order chi connectivity index (χ0) is 12.5. The highest BCUT2D eigenvalue weighted by molar-refractivity contribution is 7.99. The van der Waals surface area contributed by atoms with E-state index >= 15 is 0 Å². The highest BCUT2D eigenvalue weighted by Crippen LogP contribution is 2.21. The first-order chi connectivity index (χ1) is 8.27. The summed E-state index contributed by atoms with van der Waals surface area (Å²) in [7, 11) is 0. The molecule has 0 spiro atoms. The van der Waals surface area contributed by atoms with Crippen molar-refractivity contribution in [3.63, 3.8) is 0 Å². The monoisotopic (exact) mass is 253 g/mol. The number of aromatic nitrogens is 2. The summed E-state index contributed by atoms with van der Waals surface area (Å²) in [6.07, 6.45) is 7.72. The van der Waals surface area contributed by atoms with Crippen molar-refractivity contribution >= 4 is 11.8 Å². The van der Waals surface area contributed by atoms with Gasteiger partial charge in [-0.2, -0.15) is 11.8 Å².